The Hall–Kier alpha value is -0.790. The number of carbonyl (C=O) groups excluding carboxylic acids is 1. The molecule has 1 aliphatic rings. The van der Waals surface area contributed by atoms with Crippen molar-refractivity contribution >= 4 is 5.97 Å². The molecule has 2 heteroatoms. The summed E-state index contributed by atoms with van der Waals surface area (Å²) in [5.74, 6) is 0.409. The Balaban J connectivity index is 2.85. The third-order valence-corrected chi connectivity index (χ3v) is 2.71. The Labute approximate surface area is 73.6 Å². The summed E-state index contributed by atoms with van der Waals surface area (Å²) in [5.41, 5.74) is 2.12. The SMILES string of the molecule is COC(=O)C1=C(C)C(C)CCC1. The van der Waals surface area contributed by atoms with E-state index in [9.17, 15) is 4.79 Å². The van der Waals surface area contributed by atoms with Gasteiger partial charge in [0.15, 0.2) is 0 Å². The van der Waals surface area contributed by atoms with Gasteiger partial charge in [0.05, 0.1) is 7.11 Å². The molecule has 2 nitrogen and oxygen atoms in total. The molecule has 0 aromatic rings. The zero-order valence-corrected chi connectivity index (χ0v) is 8.02. The van der Waals surface area contributed by atoms with Crippen LogP contribution in [0, 0.1) is 5.92 Å². The molecular weight excluding hydrogens is 152 g/mol. The maximum absolute atomic E-state index is 11.2. The molecule has 0 fully saturated rings. The smallest absolute Gasteiger partial charge is 0.333 e. The fourth-order valence-electron chi connectivity index (χ4n) is 1.68. The minimum Gasteiger partial charge on any atom is -0.466 e. The minimum absolute atomic E-state index is 0.140. The van der Waals surface area contributed by atoms with Gasteiger partial charge >= 0.3 is 5.97 Å². The second-order valence-corrected chi connectivity index (χ2v) is 3.45. The van der Waals surface area contributed by atoms with E-state index in [0.29, 0.717) is 5.92 Å². The lowest BCUT2D eigenvalue weighted by atomic mass is 9.85. The van der Waals surface area contributed by atoms with Crippen molar-refractivity contribution in [2.24, 2.45) is 5.92 Å². The van der Waals surface area contributed by atoms with Crippen LogP contribution in [0.5, 0.6) is 0 Å². The van der Waals surface area contributed by atoms with Crippen LogP contribution < -0.4 is 0 Å². The zero-order chi connectivity index (χ0) is 9.14. The van der Waals surface area contributed by atoms with Gasteiger partial charge in [-0.15, -0.1) is 0 Å². The second kappa shape index (κ2) is 3.74. The van der Waals surface area contributed by atoms with Gasteiger partial charge in [-0.3, -0.25) is 0 Å². The van der Waals surface area contributed by atoms with E-state index in [2.05, 4.69) is 6.92 Å². The summed E-state index contributed by atoms with van der Waals surface area (Å²) >= 11 is 0. The number of hydrogen-bond acceptors (Lipinski definition) is 2. The first kappa shape index (κ1) is 9.30. The van der Waals surface area contributed by atoms with E-state index in [4.69, 9.17) is 4.74 Å². The van der Waals surface area contributed by atoms with Crippen LogP contribution in [-0.4, -0.2) is 13.1 Å². The summed E-state index contributed by atoms with van der Waals surface area (Å²) in [7, 11) is 1.45. The van der Waals surface area contributed by atoms with E-state index in [-0.39, 0.29) is 5.97 Å². The van der Waals surface area contributed by atoms with E-state index >= 15 is 0 Å². The van der Waals surface area contributed by atoms with Crippen molar-refractivity contribution in [1.82, 2.24) is 0 Å². The van der Waals surface area contributed by atoms with Crippen molar-refractivity contribution in [2.45, 2.75) is 33.1 Å². The van der Waals surface area contributed by atoms with E-state index in [0.717, 1.165) is 18.4 Å². The quantitative estimate of drug-likeness (QED) is 0.561. The molecule has 0 N–H and O–H groups in total. The first-order valence-corrected chi connectivity index (χ1v) is 4.44. The fraction of sp³-hybridized carbons (Fsp3) is 0.700. The number of esters is 1. The van der Waals surface area contributed by atoms with Crippen LogP contribution >= 0.6 is 0 Å². The highest BCUT2D eigenvalue weighted by molar-refractivity contribution is 5.89. The largest absolute Gasteiger partial charge is 0.466 e. The van der Waals surface area contributed by atoms with Gasteiger partial charge in [-0.25, -0.2) is 4.79 Å². The first-order chi connectivity index (χ1) is 5.66. The monoisotopic (exact) mass is 168 g/mol. The maximum atomic E-state index is 11.2. The van der Waals surface area contributed by atoms with Crippen LogP contribution in [0.25, 0.3) is 0 Å². The summed E-state index contributed by atoms with van der Waals surface area (Å²) in [5, 5.41) is 0. The zero-order valence-electron chi connectivity index (χ0n) is 8.02. The summed E-state index contributed by atoms with van der Waals surface area (Å²) in [6, 6.07) is 0. The van der Waals surface area contributed by atoms with Gasteiger partial charge < -0.3 is 4.74 Å². The number of rotatable bonds is 1. The number of allylic oxidation sites excluding steroid dienone is 1. The van der Waals surface area contributed by atoms with Gasteiger partial charge in [0.1, 0.15) is 0 Å². The third kappa shape index (κ3) is 1.68. The number of hydrogen-bond donors (Lipinski definition) is 0. The van der Waals surface area contributed by atoms with Gasteiger partial charge in [-0.1, -0.05) is 12.5 Å². The molecule has 0 aromatic carbocycles. The Kier molecular flexibility index (Phi) is 2.90. The fourth-order valence-corrected chi connectivity index (χ4v) is 1.68. The highest BCUT2D eigenvalue weighted by atomic mass is 16.5. The van der Waals surface area contributed by atoms with Gasteiger partial charge in [-0.05, 0) is 32.1 Å². The predicted octanol–water partition coefficient (Wildman–Crippen LogP) is 2.30. The molecule has 1 rings (SSSR count). The second-order valence-electron chi connectivity index (χ2n) is 3.45. The Morgan fingerprint density at radius 1 is 1.58 bits per heavy atom. The molecule has 12 heavy (non-hydrogen) atoms. The van der Waals surface area contributed by atoms with Gasteiger partial charge in [0, 0.05) is 5.57 Å². The molecular formula is C10H16O2. The van der Waals surface area contributed by atoms with E-state index in [1.54, 1.807) is 0 Å². The van der Waals surface area contributed by atoms with Crippen LogP contribution in [0.1, 0.15) is 33.1 Å². The van der Waals surface area contributed by atoms with E-state index < -0.39 is 0 Å². The average molecular weight is 168 g/mol. The lowest BCUT2D eigenvalue weighted by Gasteiger charge is -2.21. The molecule has 68 valence electrons. The van der Waals surface area contributed by atoms with Crippen LogP contribution in [0.4, 0.5) is 0 Å². The molecule has 0 aliphatic heterocycles. The van der Waals surface area contributed by atoms with Gasteiger partial charge in [0.25, 0.3) is 0 Å². The van der Waals surface area contributed by atoms with E-state index in [1.165, 1.54) is 19.1 Å². The summed E-state index contributed by atoms with van der Waals surface area (Å²) in [4.78, 5) is 11.2. The topological polar surface area (TPSA) is 26.3 Å². The highest BCUT2D eigenvalue weighted by Gasteiger charge is 2.21. The summed E-state index contributed by atoms with van der Waals surface area (Å²) in [6.45, 7) is 4.20. The molecule has 0 radical (unpaired) electrons. The molecule has 0 amide bonds. The van der Waals surface area contributed by atoms with Crippen molar-refractivity contribution in [3.8, 4) is 0 Å². The summed E-state index contributed by atoms with van der Waals surface area (Å²) in [6.07, 6.45) is 3.21. The standard InChI is InChI=1S/C10H16O2/c1-7-5-4-6-9(8(7)2)10(11)12-3/h7H,4-6H2,1-3H3. The lowest BCUT2D eigenvalue weighted by Crippen LogP contribution is -2.14. The summed E-state index contributed by atoms with van der Waals surface area (Å²) < 4.78 is 4.71. The average Bonchev–Trinajstić information content (AvgIpc) is 2.08. The van der Waals surface area contributed by atoms with Crippen molar-refractivity contribution in [3.63, 3.8) is 0 Å². The number of carbonyl (C=O) groups is 1. The van der Waals surface area contributed by atoms with E-state index in [1.807, 2.05) is 6.92 Å². The van der Waals surface area contributed by atoms with Crippen LogP contribution in [0.3, 0.4) is 0 Å². The molecule has 0 spiro atoms. The van der Waals surface area contributed by atoms with Crippen molar-refractivity contribution < 1.29 is 9.53 Å². The van der Waals surface area contributed by atoms with Crippen molar-refractivity contribution in [3.05, 3.63) is 11.1 Å². The molecule has 1 aliphatic carbocycles. The Morgan fingerprint density at radius 2 is 2.25 bits per heavy atom. The first-order valence-electron chi connectivity index (χ1n) is 4.44. The molecule has 1 unspecified atom stereocenters. The number of methoxy groups -OCH3 is 1. The van der Waals surface area contributed by atoms with Crippen LogP contribution in [0.2, 0.25) is 0 Å². The van der Waals surface area contributed by atoms with Crippen LogP contribution in [0.15, 0.2) is 11.1 Å². The molecule has 0 heterocycles. The normalized spacial score (nSPS) is 24.1. The number of ether oxygens (including phenoxy) is 1. The Bertz CT molecular complexity index is 216. The predicted molar refractivity (Wildman–Crippen MR) is 47.7 cm³/mol. The molecule has 0 saturated carbocycles. The highest BCUT2D eigenvalue weighted by Crippen LogP contribution is 2.29. The molecule has 1 atom stereocenters. The lowest BCUT2D eigenvalue weighted by molar-refractivity contribution is -0.136. The minimum atomic E-state index is -0.140. The van der Waals surface area contributed by atoms with Crippen molar-refractivity contribution in [1.29, 1.82) is 0 Å². The Morgan fingerprint density at radius 3 is 2.83 bits per heavy atom. The van der Waals surface area contributed by atoms with Crippen molar-refractivity contribution in [2.75, 3.05) is 7.11 Å². The van der Waals surface area contributed by atoms with Gasteiger partial charge in [-0.2, -0.15) is 0 Å². The third-order valence-electron chi connectivity index (χ3n) is 2.71. The van der Waals surface area contributed by atoms with Crippen LogP contribution in [-0.2, 0) is 9.53 Å². The molecule has 0 aromatic heterocycles. The molecule has 0 bridgehead atoms. The maximum Gasteiger partial charge on any atom is 0.333 e. The molecule has 0 saturated heterocycles. The van der Waals surface area contributed by atoms with Gasteiger partial charge in [0.2, 0.25) is 0 Å².